The van der Waals surface area contributed by atoms with Crippen molar-refractivity contribution in [1.82, 2.24) is 14.7 Å². The Bertz CT molecular complexity index is 958. The van der Waals surface area contributed by atoms with Crippen molar-refractivity contribution in [3.63, 3.8) is 0 Å². The zero-order valence-corrected chi connectivity index (χ0v) is 17.9. The number of hydrogen-bond donors (Lipinski definition) is 1. The molecule has 2 bridgehead atoms. The van der Waals surface area contributed by atoms with E-state index in [1.165, 1.54) is 12.1 Å². The first kappa shape index (κ1) is 20.4. The monoisotopic (exact) mass is 425 g/mol. The third-order valence-electron chi connectivity index (χ3n) is 7.68. The van der Waals surface area contributed by atoms with Gasteiger partial charge >= 0.3 is 0 Å². The first-order valence-corrected chi connectivity index (χ1v) is 11.0. The summed E-state index contributed by atoms with van der Waals surface area (Å²) < 4.78 is 13.4. The van der Waals surface area contributed by atoms with Crippen molar-refractivity contribution >= 4 is 11.8 Å². The smallest absolute Gasteiger partial charge is 0.242 e. The van der Waals surface area contributed by atoms with Crippen LogP contribution in [0.5, 0.6) is 0 Å². The van der Waals surface area contributed by atoms with Crippen molar-refractivity contribution < 1.29 is 14.0 Å². The van der Waals surface area contributed by atoms with Gasteiger partial charge in [-0.05, 0) is 56.7 Å². The Kier molecular flexibility index (Phi) is 4.61. The number of benzene rings is 1. The van der Waals surface area contributed by atoms with E-state index in [1.807, 2.05) is 23.6 Å². The molecular formula is C23H28FN5O2. The van der Waals surface area contributed by atoms with Crippen LogP contribution in [0.4, 0.5) is 4.39 Å². The van der Waals surface area contributed by atoms with E-state index in [1.54, 1.807) is 17.0 Å². The van der Waals surface area contributed by atoms with Crippen LogP contribution >= 0.6 is 0 Å². The van der Waals surface area contributed by atoms with Gasteiger partial charge in [-0.25, -0.2) is 4.39 Å². The molecule has 8 heteroatoms. The number of nitriles is 1. The molecule has 4 fully saturated rings. The van der Waals surface area contributed by atoms with Crippen molar-refractivity contribution in [1.29, 1.82) is 5.26 Å². The lowest BCUT2D eigenvalue weighted by molar-refractivity contribution is -0.144. The Morgan fingerprint density at radius 2 is 2.00 bits per heavy atom. The van der Waals surface area contributed by atoms with Gasteiger partial charge in [0.05, 0.1) is 23.7 Å². The van der Waals surface area contributed by atoms with Gasteiger partial charge in [0.15, 0.2) is 0 Å². The Morgan fingerprint density at radius 3 is 2.65 bits per heavy atom. The molecule has 1 unspecified atom stereocenters. The van der Waals surface area contributed by atoms with Crippen LogP contribution in [0.2, 0.25) is 0 Å². The molecule has 6 atom stereocenters. The van der Waals surface area contributed by atoms with E-state index in [9.17, 15) is 19.2 Å². The van der Waals surface area contributed by atoms with Crippen LogP contribution < -0.4 is 5.73 Å². The number of rotatable bonds is 5. The van der Waals surface area contributed by atoms with Crippen LogP contribution in [0.1, 0.15) is 38.7 Å². The third-order valence-corrected chi connectivity index (χ3v) is 7.68. The first-order valence-electron chi connectivity index (χ1n) is 11.0. The van der Waals surface area contributed by atoms with Crippen LogP contribution in [0.15, 0.2) is 24.3 Å². The molecule has 164 valence electrons. The number of nitrogens with two attached hydrogens (primary N) is 1. The van der Waals surface area contributed by atoms with Gasteiger partial charge in [-0.3, -0.25) is 14.5 Å². The van der Waals surface area contributed by atoms with Gasteiger partial charge in [-0.15, -0.1) is 0 Å². The normalized spacial score (nSPS) is 32.9. The summed E-state index contributed by atoms with van der Waals surface area (Å²) in [5, 5.41) is 9.36. The van der Waals surface area contributed by atoms with Crippen molar-refractivity contribution in [3.05, 3.63) is 35.6 Å². The van der Waals surface area contributed by atoms with Gasteiger partial charge in [0.25, 0.3) is 0 Å². The molecule has 0 spiro atoms. The van der Waals surface area contributed by atoms with Crippen LogP contribution in [0, 0.1) is 23.1 Å². The summed E-state index contributed by atoms with van der Waals surface area (Å²) in [6.45, 7) is 4.96. The summed E-state index contributed by atoms with van der Waals surface area (Å²) in [7, 11) is 0. The van der Waals surface area contributed by atoms with Crippen molar-refractivity contribution in [3.8, 4) is 6.07 Å². The minimum absolute atomic E-state index is 0.0311. The molecule has 0 radical (unpaired) electrons. The maximum atomic E-state index is 13.4. The topological polar surface area (TPSA) is 93.7 Å². The molecule has 5 rings (SSSR count). The van der Waals surface area contributed by atoms with Crippen LogP contribution in [0.25, 0.3) is 0 Å². The highest BCUT2D eigenvalue weighted by atomic mass is 19.1. The molecule has 7 nitrogen and oxygen atoms in total. The standard InChI is InChI=1S/C23H28FN5O2/c1-23(2,14-3-5-15(24)6-4-14)29-17-9-20(22(29)31)27(11-17)12-18(26)21(30)28-16(10-25)7-13-8-19(13)28/h3-6,13,16-20H,7-9,11-12,26H2,1-2H3/t13?,16-,17+,18-,19-,20+/m0/s1. The van der Waals surface area contributed by atoms with Gasteiger partial charge in [0.1, 0.15) is 11.9 Å². The number of carbonyl (C=O) groups excluding carboxylic acids is 2. The fourth-order valence-corrected chi connectivity index (χ4v) is 6.01. The molecular weight excluding hydrogens is 397 g/mol. The average Bonchev–Trinajstić information content (AvgIpc) is 3.06. The number of likely N-dealkylation sites (tertiary alicyclic amines) is 3. The molecule has 3 heterocycles. The summed E-state index contributed by atoms with van der Waals surface area (Å²) in [5.74, 6) is 0.0130. The number of piperidine rings is 1. The van der Waals surface area contributed by atoms with Gasteiger partial charge < -0.3 is 15.5 Å². The van der Waals surface area contributed by atoms with E-state index in [4.69, 9.17) is 5.73 Å². The van der Waals surface area contributed by atoms with Crippen LogP contribution in [0.3, 0.4) is 0 Å². The second-order valence-electron chi connectivity index (χ2n) is 9.93. The number of halogens is 1. The summed E-state index contributed by atoms with van der Waals surface area (Å²) >= 11 is 0. The number of amides is 2. The Balaban J connectivity index is 1.26. The van der Waals surface area contributed by atoms with Gasteiger partial charge in [-0.2, -0.15) is 5.26 Å². The van der Waals surface area contributed by atoms with Gasteiger partial charge in [0.2, 0.25) is 11.8 Å². The lowest BCUT2D eigenvalue weighted by atomic mass is 9.91. The van der Waals surface area contributed by atoms with Gasteiger partial charge in [-0.1, -0.05) is 12.1 Å². The quantitative estimate of drug-likeness (QED) is 0.765. The third kappa shape index (κ3) is 3.14. The number of carbonyl (C=O) groups is 2. The molecule has 1 aromatic carbocycles. The highest BCUT2D eigenvalue weighted by Crippen LogP contribution is 2.48. The largest absolute Gasteiger partial charge is 0.328 e. The Labute approximate surface area is 181 Å². The minimum Gasteiger partial charge on any atom is -0.328 e. The number of piperazine rings is 1. The maximum absolute atomic E-state index is 13.4. The SMILES string of the molecule is CC(C)(c1ccc(F)cc1)N1C(=O)[C@H]2C[C@@H]1CN2C[C@H](N)C(=O)N1[C@H](C#N)CC2C[C@@H]21. The van der Waals surface area contributed by atoms with Crippen LogP contribution in [-0.4, -0.2) is 69.8 Å². The summed E-state index contributed by atoms with van der Waals surface area (Å²) in [4.78, 5) is 31.8. The number of fused-ring (bicyclic) bond motifs is 3. The molecule has 1 saturated carbocycles. The van der Waals surface area contributed by atoms with E-state index in [0.717, 1.165) is 18.4 Å². The first-order chi connectivity index (χ1) is 14.7. The zero-order valence-electron chi connectivity index (χ0n) is 17.9. The molecule has 2 N–H and O–H groups in total. The van der Waals surface area contributed by atoms with E-state index in [-0.39, 0.29) is 41.8 Å². The lowest BCUT2D eigenvalue weighted by Crippen LogP contribution is -2.59. The summed E-state index contributed by atoms with van der Waals surface area (Å²) in [6, 6.07) is 7.35. The zero-order chi connectivity index (χ0) is 22.1. The van der Waals surface area contributed by atoms with E-state index in [2.05, 4.69) is 6.07 Å². The molecule has 1 aliphatic carbocycles. The van der Waals surface area contributed by atoms with E-state index < -0.39 is 11.6 Å². The predicted octanol–water partition coefficient (Wildman–Crippen LogP) is 1.19. The number of nitrogens with zero attached hydrogens (tertiary/aromatic N) is 4. The summed E-state index contributed by atoms with van der Waals surface area (Å²) in [6.07, 6.45) is 2.43. The Morgan fingerprint density at radius 1 is 1.29 bits per heavy atom. The molecule has 3 saturated heterocycles. The number of hydrogen-bond acceptors (Lipinski definition) is 5. The second kappa shape index (κ2) is 7.01. The molecule has 1 aromatic rings. The average molecular weight is 426 g/mol. The molecule has 2 amide bonds. The Hall–Kier alpha value is -2.50. The van der Waals surface area contributed by atoms with Crippen molar-refractivity contribution in [2.45, 2.75) is 68.9 Å². The lowest BCUT2D eigenvalue weighted by Gasteiger charge is -2.44. The molecule has 0 aromatic heterocycles. The summed E-state index contributed by atoms with van der Waals surface area (Å²) in [5.41, 5.74) is 6.62. The highest BCUT2D eigenvalue weighted by Gasteiger charge is 2.57. The highest BCUT2D eigenvalue weighted by molar-refractivity contribution is 5.87. The molecule has 4 aliphatic rings. The fraction of sp³-hybridized carbons (Fsp3) is 0.609. The predicted molar refractivity (Wildman–Crippen MR) is 111 cm³/mol. The van der Waals surface area contributed by atoms with Gasteiger partial charge in [0, 0.05) is 25.2 Å². The minimum atomic E-state index is -0.735. The molecule has 3 aliphatic heterocycles. The van der Waals surface area contributed by atoms with E-state index >= 15 is 0 Å². The second-order valence-corrected chi connectivity index (χ2v) is 9.93. The fourth-order valence-electron chi connectivity index (χ4n) is 6.01. The van der Waals surface area contributed by atoms with Crippen LogP contribution in [-0.2, 0) is 15.1 Å². The van der Waals surface area contributed by atoms with Crippen molar-refractivity contribution in [2.75, 3.05) is 13.1 Å². The van der Waals surface area contributed by atoms with Crippen molar-refractivity contribution in [2.24, 2.45) is 11.7 Å². The molecule has 31 heavy (non-hydrogen) atoms. The maximum Gasteiger partial charge on any atom is 0.242 e. The van der Waals surface area contributed by atoms with E-state index in [0.29, 0.717) is 25.4 Å².